The van der Waals surface area contributed by atoms with Gasteiger partial charge in [-0.2, -0.15) is 4.31 Å². The van der Waals surface area contributed by atoms with Crippen LogP contribution >= 0.6 is 11.6 Å². The van der Waals surface area contributed by atoms with E-state index in [0.29, 0.717) is 19.1 Å². The Bertz CT molecular complexity index is 661. The molecule has 3 rings (SSSR count). The van der Waals surface area contributed by atoms with E-state index in [0.717, 1.165) is 32.4 Å². The molecule has 1 aromatic heterocycles. The molecular formula is C15H23ClN4O2S. The minimum Gasteiger partial charge on any atom is -0.383 e. The van der Waals surface area contributed by atoms with Gasteiger partial charge < -0.3 is 5.73 Å². The third-order valence-corrected chi connectivity index (χ3v) is 6.83. The van der Waals surface area contributed by atoms with Crippen molar-refractivity contribution in [1.29, 1.82) is 0 Å². The number of aromatic nitrogens is 1. The maximum Gasteiger partial charge on any atom is 0.246 e. The summed E-state index contributed by atoms with van der Waals surface area (Å²) in [6.07, 6.45) is 6.75. The lowest BCUT2D eigenvalue weighted by atomic mass is 10.1. The van der Waals surface area contributed by atoms with Crippen LogP contribution in [0.3, 0.4) is 0 Å². The summed E-state index contributed by atoms with van der Waals surface area (Å²) < 4.78 is 27.6. The molecule has 2 saturated heterocycles. The molecule has 6 nitrogen and oxygen atoms in total. The van der Waals surface area contributed by atoms with Crippen molar-refractivity contribution in [2.75, 3.05) is 31.9 Å². The lowest BCUT2D eigenvalue weighted by Gasteiger charge is -2.30. The van der Waals surface area contributed by atoms with Crippen molar-refractivity contribution < 1.29 is 8.42 Å². The van der Waals surface area contributed by atoms with E-state index in [-0.39, 0.29) is 15.7 Å². The number of rotatable bonds is 3. The SMILES string of the molecule is Nc1ncc(Cl)cc1S(=O)(=O)N1CCCCC(N2CCCC2)C1. The molecule has 0 amide bonds. The van der Waals surface area contributed by atoms with Gasteiger partial charge in [-0.05, 0) is 44.8 Å². The first kappa shape index (κ1) is 17.0. The molecule has 1 unspecified atom stereocenters. The number of likely N-dealkylation sites (tertiary alicyclic amines) is 1. The molecule has 2 N–H and O–H groups in total. The van der Waals surface area contributed by atoms with Crippen LogP contribution in [0.2, 0.25) is 5.02 Å². The van der Waals surface area contributed by atoms with Gasteiger partial charge in [0.15, 0.2) is 0 Å². The van der Waals surface area contributed by atoms with Gasteiger partial charge in [-0.3, -0.25) is 4.90 Å². The summed E-state index contributed by atoms with van der Waals surface area (Å²) in [5, 5.41) is 0.281. The van der Waals surface area contributed by atoms with E-state index in [9.17, 15) is 8.42 Å². The van der Waals surface area contributed by atoms with Crippen molar-refractivity contribution in [3.05, 3.63) is 17.3 Å². The Labute approximate surface area is 142 Å². The topological polar surface area (TPSA) is 79.5 Å². The molecule has 0 aliphatic carbocycles. The molecule has 23 heavy (non-hydrogen) atoms. The molecule has 2 aliphatic rings. The van der Waals surface area contributed by atoms with Crippen molar-refractivity contribution >= 4 is 27.4 Å². The molecule has 0 bridgehead atoms. The van der Waals surface area contributed by atoms with Gasteiger partial charge in [-0.25, -0.2) is 13.4 Å². The van der Waals surface area contributed by atoms with Crippen LogP contribution in [0.15, 0.2) is 17.2 Å². The second-order valence-electron chi connectivity index (χ2n) is 6.29. The Morgan fingerprint density at radius 1 is 1.17 bits per heavy atom. The van der Waals surface area contributed by atoms with Crippen molar-refractivity contribution in [3.63, 3.8) is 0 Å². The van der Waals surface area contributed by atoms with Crippen LogP contribution in [0.1, 0.15) is 32.1 Å². The van der Waals surface area contributed by atoms with Crippen LogP contribution in [0, 0.1) is 0 Å². The lowest BCUT2D eigenvalue weighted by Crippen LogP contribution is -2.43. The Morgan fingerprint density at radius 2 is 1.87 bits per heavy atom. The van der Waals surface area contributed by atoms with Gasteiger partial charge >= 0.3 is 0 Å². The summed E-state index contributed by atoms with van der Waals surface area (Å²) in [4.78, 5) is 6.33. The highest BCUT2D eigenvalue weighted by Crippen LogP contribution is 2.28. The number of nitrogens with zero attached hydrogens (tertiary/aromatic N) is 3. The van der Waals surface area contributed by atoms with E-state index in [1.165, 1.54) is 25.1 Å². The first-order chi connectivity index (χ1) is 11.0. The Kier molecular flexibility index (Phi) is 5.10. The highest BCUT2D eigenvalue weighted by Gasteiger charge is 2.33. The van der Waals surface area contributed by atoms with E-state index in [1.807, 2.05) is 0 Å². The normalized spacial score (nSPS) is 24.7. The molecular weight excluding hydrogens is 336 g/mol. The monoisotopic (exact) mass is 358 g/mol. The van der Waals surface area contributed by atoms with Crippen LogP contribution in [0.4, 0.5) is 5.82 Å². The lowest BCUT2D eigenvalue weighted by molar-refractivity contribution is 0.209. The number of halogens is 1. The third kappa shape index (κ3) is 3.63. The number of hydrogen-bond donors (Lipinski definition) is 1. The fraction of sp³-hybridized carbons (Fsp3) is 0.667. The second kappa shape index (κ2) is 6.93. The van der Waals surface area contributed by atoms with E-state index in [1.54, 1.807) is 4.31 Å². The largest absolute Gasteiger partial charge is 0.383 e. The molecule has 128 valence electrons. The van der Waals surface area contributed by atoms with Crippen LogP contribution in [-0.2, 0) is 10.0 Å². The van der Waals surface area contributed by atoms with Crippen LogP contribution < -0.4 is 5.73 Å². The summed E-state index contributed by atoms with van der Waals surface area (Å²) in [5.74, 6) is 0.0105. The molecule has 1 atom stereocenters. The highest BCUT2D eigenvalue weighted by atomic mass is 35.5. The zero-order valence-electron chi connectivity index (χ0n) is 13.1. The summed E-state index contributed by atoms with van der Waals surface area (Å²) >= 11 is 5.92. The van der Waals surface area contributed by atoms with Crippen LogP contribution in [0.5, 0.6) is 0 Å². The summed E-state index contributed by atoms with van der Waals surface area (Å²) in [5.41, 5.74) is 5.79. The van der Waals surface area contributed by atoms with Crippen molar-refractivity contribution in [3.8, 4) is 0 Å². The van der Waals surface area contributed by atoms with Gasteiger partial charge in [0.1, 0.15) is 10.7 Å². The number of sulfonamides is 1. The Hall–Kier alpha value is -0.890. The van der Waals surface area contributed by atoms with Gasteiger partial charge in [-0.15, -0.1) is 0 Å². The molecule has 0 spiro atoms. The second-order valence-corrected chi connectivity index (χ2v) is 8.64. The van der Waals surface area contributed by atoms with Crippen LogP contribution in [0.25, 0.3) is 0 Å². The molecule has 2 fully saturated rings. The van der Waals surface area contributed by atoms with E-state index in [4.69, 9.17) is 17.3 Å². The fourth-order valence-corrected chi connectivity index (χ4v) is 5.32. The van der Waals surface area contributed by atoms with Crippen molar-refractivity contribution in [2.45, 2.75) is 43.0 Å². The molecule has 0 radical (unpaired) electrons. The smallest absolute Gasteiger partial charge is 0.246 e. The average Bonchev–Trinajstić information content (AvgIpc) is 2.93. The van der Waals surface area contributed by atoms with Gasteiger partial charge in [-0.1, -0.05) is 18.0 Å². The molecule has 3 heterocycles. The van der Waals surface area contributed by atoms with Crippen molar-refractivity contribution in [2.24, 2.45) is 0 Å². The number of nitrogens with two attached hydrogens (primary N) is 1. The zero-order chi connectivity index (χ0) is 16.4. The molecule has 0 aromatic carbocycles. The van der Waals surface area contributed by atoms with E-state index >= 15 is 0 Å². The number of anilines is 1. The van der Waals surface area contributed by atoms with E-state index in [2.05, 4.69) is 9.88 Å². The third-order valence-electron chi connectivity index (χ3n) is 4.73. The quantitative estimate of drug-likeness (QED) is 0.893. The first-order valence-electron chi connectivity index (χ1n) is 8.14. The Balaban J connectivity index is 1.86. The zero-order valence-corrected chi connectivity index (χ0v) is 14.7. The predicted molar refractivity (Wildman–Crippen MR) is 90.9 cm³/mol. The fourth-order valence-electron chi connectivity index (χ4n) is 3.49. The Morgan fingerprint density at radius 3 is 2.61 bits per heavy atom. The van der Waals surface area contributed by atoms with Crippen molar-refractivity contribution in [1.82, 2.24) is 14.2 Å². The summed E-state index contributed by atoms with van der Waals surface area (Å²) in [7, 11) is -3.67. The van der Waals surface area contributed by atoms with Crippen LogP contribution in [-0.4, -0.2) is 54.8 Å². The van der Waals surface area contributed by atoms with E-state index < -0.39 is 10.0 Å². The number of nitrogen functional groups attached to an aromatic ring is 1. The minimum absolute atomic E-state index is 0.0105. The van der Waals surface area contributed by atoms with Gasteiger partial charge in [0.25, 0.3) is 0 Å². The standard InChI is InChI=1S/C15H23ClN4O2S/c16-12-9-14(15(17)18-10-12)23(21,22)20-8-2-1-5-13(11-20)19-6-3-4-7-19/h9-10,13H,1-8,11H2,(H2,17,18). The average molecular weight is 359 g/mol. The maximum atomic E-state index is 13.0. The number of pyridine rings is 1. The predicted octanol–water partition coefficient (Wildman–Crippen LogP) is 1.96. The molecule has 1 aromatic rings. The first-order valence-corrected chi connectivity index (χ1v) is 9.95. The molecule has 0 saturated carbocycles. The molecule has 2 aliphatic heterocycles. The van der Waals surface area contributed by atoms with Gasteiger partial charge in [0.05, 0.1) is 5.02 Å². The summed E-state index contributed by atoms with van der Waals surface area (Å²) in [6, 6.07) is 1.69. The highest BCUT2D eigenvalue weighted by molar-refractivity contribution is 7.89. The summed E-state index contributed by atoms with van der Waals surface area (Å²) in [6.45, 7) is 3.19. The van der Waals surface area contributed by atoms with Gasteiger partial charge in [0.2, 0.25) is 10.0 Å². The number of hydrogen-bond acceptors (Lipinski definition) is 5. The molecule has 8 heteroatoms. The minimum atomic E-state index is -3.67. The maximum absolute atomic E-state index is 13.0. The van der Waals surface area contributed by atoms with Gasteiger partial charge in [0, 0.05) is 25.3 Å².